The van der Waals surface area contributed by atoms with Crippen molar-refractivity contribution < 1.29 is 40.3 Å². The first-order valence-corrected chi connectivity index (χ1v) is 20.7. The van der Waals surface area contributed by atoms with E-state index in [2.05, 4.69) is 14.7 Å². The molecule has 0 radical (unpaired) electrons. The molecule has 0 saturated carbocycles. The Morgan fingerprint density at radius 1 is 1.04 bits per heavy atom. The Bertz CT molecular complexity index is 1770. The highest BCUT2D eigenvalue weighted by molar-refractivity contribution is 7.92. The molecule has 0 saturated heterocycles. The van der Waals surface area contributed by atoms with Gasteiger partial charge < -0.3 is 9.53 Å². The molecule has 1 aromatic carbocycles. The number of alkyl halides is 3. The van der Waals surface area contributed by atoms with E-state index in [1.807, 2.05) is 33.9 Å². The fourth-order valence-electron chi connectivity index (χ4n) is 4.69. The molecule has 15 heteroatoms. The summed E-state index contributed by atoms with van der Waals surface area (Å²) in [4.78, 5) is 22.3. The topological polar surface area (TPSA) is 118 Å². The lowest BCUT2D eigenvalue weighted by Crippen LogP contribution is -2.40. The first-order valence-electron chi connectivity index (χ1n) is 15.5. The van der Waals surface area contributed by atoms with Gasteiger partial charge in [-0.15, -0.1) is 11.3 Å². The monoisotopic (exact) mass is 731 g/mol. The summed E-state index contributed by atoms with van der Waals surface area (Å²) in [5, 5.41) is 10.5. The molecule has 8 nitrogen and oxygen atoms in total. The van der Waals surface area contributed by atoms with Crippen molar-refractivity contribution in [2.24, 2.45) is 0 Å². The minimum absolute atomic E-state index is 0.0474. The van der Waals surface area contributed by atoms with E-state index in [0.29, 0.717) is 0 Å². The number of aliphatic hydroxyl groups is 1. The summed E-state index contributed by atoms with van der Waals surface area (Å²) in [6.07, 6.45) is -5.22. The molecule has 0 atom stereocenters. The van der Waals surface area contributed by atoms with Crippen molar-refractivity contribution in [3.8, 4) is 11.3 Å². The van der Waals surface area contributed by atoms with Crippen LogP contribution in [0.3, 0.4) is 0 Å². The highest BCUT2D eigenvalue weighted by Crippen LogP contribution is 2.40. The molecular formula is C33H45F4N3O5S2Si. The number of benzene rings is 1. The molecule has 266 valence electrons. The fourth-order valence-corrected chi connectivity index (χ4v) is 8.11. The van der Waals surface area contributed by atoms with Gasteiger partial charge in [0.15, 0.2) is 18.3 Å². The molecule has 1 amide bonds. The standard InChI is InChI=1S/C33H45F4N3O5S2Si/c1-18(2)25-22(27(19(3)4)39-28(26(25)34)20-13-12-14-21(15-20)33(35,36)37)16-24(41)40-47(43,44)29-23(38-30(46-29)32(8,9)42)17-45-48(10,11)31(5,6)7/h12-15,18-19,42H,16-17H2,1-11H3,(H,40,41). The molecule has 0 aliphatic rings. The van der Waals surface area contributed by atoms with Gasteiger partial charge in [-0.05, 0) is 67.1 Å². The lowest BCUT2D eigenvalue weighted by molar-refractivity contribution is -0.137. The molecule has 0 bridgehead atoms. The molecule has 2 heterocycles. The number of carbonyl (C=O) groups is 1. The summed E-state index contributed by atoms with van der Waals surface area (Å²) in [6.45, 7) is 19.7. The van der Waals surface area contributed by atoms with Gasteiger partial charge in [0.1, 0.15) is 16.3 Å². The smallest absolute Gasteiger partial charge is 0.411 e. The number of pyridine rings is 1. The predicted octanol–water partition coefficient (Wildman–Crippen LogP) is 8.41. The normalized spacial score (nSPS) is 13.5. The Kier molecular flexibility index (Phi) is 11.5. The number of halogens is 4. The maximum atomic E-state index is 16.2. The SMILES string of the molecule is CC(C)c1nc(-c2cccc(C(F)(F)F)c2)c(F)c(C(C)C)c1CC(=O)NS(=O)(=O)c1sc(C(C)(C)O)nc1CO[Si](C)(C)C(C)(C)C. The van der Waals surface area contributed by atoms with Crippen LogP contribution in [-0.4, -0.2) is 37.7 Å². The van der Waals surface area contributed by atoms with Crippen molar-refractivity contribution >= 4 is 35.6 Å². The van der Waals surface area contributed by atoms with Crippen LogP contribution in [0, 0.1) is 5.82 Å². The summed E-state index contributed by atoms with van der Waals surface area (Å²) in [5.74, 6) is -2.80. The summed E-state index contributed by atoms with van der Waals surface area (Å²) in [5.41, 5.74) is -2.29. The van der Waals surface area contributed by atoms with E-state index >= 15 is 4.39 Å². The second kappa shape index (κ2) is 13.9. The maximum Gasteiger partial charge on any atom is 0.416 e. The van der Waals surface area contributed by atoms with Crippen molar-refractivity contribution in [1.82, 2.24) is 14.7 Å². The van der Waals surface area contributed by atoms with Gasteiger partial charge in [0.05, 0.1) is 24.3 Å². The van der Waals surface area contributed by atoms with E-state index in [-0.39, 0.29) is 54.6 Å². The number of aromatic nitrogens is 2. The van der Waals surface area contributed by atoms with Crippen molar-refractivity contribution in [3.63, 3.8) is 0 Å². The summed E-state index contributed by atoms with van der Waals surface area (Å²) < 4.78 is 92.0. The van der Waals surface area contributed by atoms with Gasteiger partial charge >= 0.3 is 6.18 Å². The van der Waals surface area contributed by atoms with E-state index in [1.165, 1.54) is 26.0 Å². The second-order valence-corrected chi connectivity index (χ2v) is 22.2. The minimum Gasteiger partial charge on any atom is -0.411 e. The van der Waals surface area contributed by atoms with Crippen LogP contribution in [-0.2, 0) is 44.0 Å². The van der Waals surface area contributed by atoms with Gasteiger partial charge in [-0.2, -0.15) is 13.2 Å². The number of hydrogen-bond donors (Lipinski definition) is 2. The quantitative estimate of drug-likeness (QED) is 0.150. The number of nitrogens with zero attached hydrogens (tertiary/aromatic N) is 2. The molecule has 0 aliphatic heterocycles. The zero-order chi connectivity index (χ0) is 36.8. The van der Waals surface area contributed by atoms with Crippen LogP contribution >= 0.6 is 11.3 Å². The average molecular weight is 732 g/mol. The summed E-state index contributed by atoms with van der Waals surface area (Å²) >= 11 is 0.720. The minimum atomic E-state index is -4.65. The predicted molar refractivity (Wildman–Crippen MR) is 181 cm³/mol. The van der Waals surface area contributed by atoms with Gasteiger partial charge in [0.25, 0.3) is 10.0 Å². The Labute approximate surface area is 285 Å². The van der Waals surface area contributed by atoms with Crippen molar-refractivity contribution in [2.75, 3.05) is 0 Å². The van der Waals surface area contributed by atoms with Gasteiger partial charge in [0.2, 0.25) is 5.91 Å². The van der Waals surface area contributed by atoms with Crippen molar-refractivity contribution in [3.05, 3.63) is 63.2 Å². The molecule has 2 N–H and O–H groups in total. The third-order valence-electron chi connectivity index (χ3n) is 8.29. The fraction of sp³-hybridized carbons (Fsp3) is 0.545. The maximum absolute atomic E-state index is 16.2. The number of hydrogen-bond acceptors (Lipinski definition) is 8. The Morgan fingerprint density at radius 2 is 1.65 bits per heavy atom. The Morgan fingerprint density at radius 3 is 2.15 bits per heavy atom. The van der Waals surface area contributed by atoms with Gasteiger partial charge in [0, 0.05) is 11.3 Å². The molecule has 0 spiro atoms. The summed E-state index contributed by atoms with van der Waals surface area (Å²) in [6, 6.07) is 4.20. The van der Waals surface area contributed by atoms with Crippen LogP contribution < -0.4 is 4.72 Å². The number of nitrogens with one attached hydrogen (secondary N) is 1. The van der Waals surface area contributed by atoms with E-state index in [1.54, 1.807) is 27.7 Å². The highest BCUT2D eigenvalue weighted by atomic mass is 32.2. The van der Waals surface area contributed by atoms with Crippen LogP contribution in [0.5, 0.6) is 0 Å². The van der Waals surface area contributed by atoms with Gasteiger partial charge in [-0.1, -0.05) is 60.6 Å². The largest absolute Gasteiger partial charge is 0.416 e. The molecule has 3 aromatic rings. The van der Waals surface area contributed by atoms with Crippen LogP contribution in [0.25, 0.3) is 11.3 Å². The number of carbonyl (C=O) groups excluding carboxylic acids is 1. The van der Waals surface area contributed by atoms with Crippen molar-refractivity contribution in [1.29, 1.82) is 0 Å². The first kappa shape index (κ1) is 39.7. The first-order chi connectivity index (χ1) is 21.7. The molecule has 0 aliphatic carbocycles. The molecule has 0 unspecified atom stereocenters. The molecule has 48 heavy (non-hydrogen) atoms. The molecule has 0 fully saturated rings. The number of thiazole rings is 1. The van der Waals surface area contributed by atoms with Crippen LogP contribution in [0.2, 0.25) is 18.1 Å². The van der Waals surface area contributed by atoms with Crippen LogP contribution in [0.1, 0.15) is 107 Å². The average Bonchev–Trinajstić information content (AvgIpc) is 3.37. The Balaban J connectivity index is 2.07. The van der Waals surface area contributed by atoms with Gasteiger partial charge in [-0.25, -0.2) is 27.5 Å². The second-order valence-electron chi connectivity index (χ2n) is 14.5. The van der Waals surface area contributed by atoms with Gasteiger partial charge in [-0.3, -0.25) is 4.79 Å². The number of amides is 1. The van der Waals surface area contributed by atoms with E-state index in [4.69, 9.17) is 4.43 Å². The van der Waals surface area contributed by atoms with E-state index in [9.17, 15) is 31.5 Å². The molecule has 2 aromatic heterocycles. The number of rotatable bonds is 11. The zero-order valence-corrected chi connectivity index (χ0v) is 31.8. The van der Waals surface area contributed by atoms with E-state index < -0.39 is 65.7 Å². The Hall–Kier alpha value is -2.72. The lowest BCUT2D eigenvalue weighted by atomic mass is 9.88. The summed E-state index contributed by atoms with van der Waals surface area (Å²) in [7, 11) is -6.89. The third-order valence-corrected chi connectivity index (χ3v) is 16.1. The lowest BCUT2D eigenvalue weighted by Gasteiger charge is -2.36. The molecular weight excluding hydrogens is 687 g/mol. The zero-order valence-electron chi connectivity index (χ0n) is 29.2. The van der Waals surface area contributed by atoms with Crippen LogP contribution in [0.4, 0.5) is 17.6 Å². The molecule has 3 rings (SSSR count). The number of sulfonamides is 1. The van der Waals surface area contributed by atoms with Crippen LogP contribution in [0.15, 0.2) is 28.5 Å². The van der Waals surface area contributed by atoms with Crippen molar-refractivity contribution in [2.45, 2.75) is 121 Å². The van der Waals surface area contributed by atoms with E-state index in [0.717, 1.165) is 23.5 Å². The highest BCUT2D eigenvalue weighted by Gasteiger charge is 2.39. The third kappa shape index (κ3) is 8.89.